The second kappa shape index (κ2) is 18.2. The van der Waals surface area contributed by atoms with E-state index < -0.39 is 0 Å². The maximum Gasteiger partial charge on any atom is 0.216 e. The molecule has 0 atom stereocenters. The van der Waals surface area contributed by atoms with E-state index in [0.29, 0.717) is 0 Å². The van der Waals surface area contributed by atoms with Crippen molar-refractivity contribution in [3.63, 3.8) is 0 Å². The Labute approximate surface area is 141 Å². The van der Waals surface area contributed by atoms with Crippen molar-refractivity contribution in [1.82, 2.24) is 16.0 Å². The molecule has 0 saturated heterocycles. The average molecular weight is 336 g/mol. The lowest BCUT2D eigenvalue weighted by molar-refractivity contribution is -0.119. The Morgan fingerprint density at radius 1 is 0.591 bits per heavy atom. The highest BCUT2D eigenvalue weighted by atomic mass is 35.5. The van der Waals surface area contributed by atoms with Crippen LogP contribution in [0.15, 0.2) is 0 Å². The molecule has 0 aliphatic rings. The van der Waals surface area contributed by atoms with E-state index in [-0.39, 0.29) is 24.2 Å². The van der Waals surface area contributed by atoms with Gasteiger partial charge in [-0.05, 0) is 38.8 Å². The van der Waals surface area contributed by atoms with Crippen LogP contribution in [0.5, 0.6) is 0 Å². The second-order valence-corrected chi connectivity index (χ2v) is 5.54. The Bertz CT molecular complexity index is 250. The van der Waals surface area contributed by atoms with Gasteiger partial charge in [-0.15, -0.1) is 12.4 Å². The number of carbonyl (C=O) groups is 2. The molecule has 0 aliphatic carbocycles. The minimum atomic E-state index is 0. The van der Waals surface area contributed by atoms with Gasteiger partial charge in [0.05, 0.1) is 0 Å². The highest BCUT2D eigenvalue weighted by molar-refractivity contribution is 5.85. The van der Waals surface area contributed by atoms with Crippen LogP contribution >= 0.6 is 12.4 Å². The summed E-state index contributed by atoms with van der Waals surface area (Å²) in [7, 11) is 0. The van der Waals surface area contributed by atoms with Crippen molar-refractivity contribution in [2.75, 3.05) is 26.2 Å². The standard InChI is InChI=1S/C16H33N3O2.ClH/c1-15(20)18-13-9-5-3-7-11-17-12-8-4-6-10-14-19-16(2)21;/h17H,3-14H2,1-2H3,(H,18,20)(H,19,21);1H. The Hall–Kier alpha value is -0.810. The molecule has 3 N–H and O–H groups in total. The molecule has 132 valence electrons. The number of amides is 2. The fourth-order valence-corrected chi connectivity index (χ4v) is 2.11. The van der Waals surface area contributed by atoms with Crippen molar-refractivity contribution >= 4 is 24.2 Å². The maximum atomic E-state index is 10.7. The molecular formula is C16H34ClN3O2. The number of hydrogen-bond donors (Lipinski definition) is 3. The van der Waals surface area contributed by atoms with Crippen LogP contribution in [0.4, 0.5) is 0 Å². The SMILES string of the molecule is CC(=O)NCCCCCCNCCCCCCNC(C)=O.Cl. The summed E-state index contributed by atoms with van der Waals surface area (Å²) in [5.74, 6) is 0.127. The van der Waals surface area contributed by atoms with Gasteiger partial charge in [0, 0.05) is 26.9 Å². The number of hydrogen-bond acceptors (Lipinski definition) is 3. The lowest BCUT2D eigenvalue weighted by atomic mass is 10.2. The second-order valence-electron chi connectivity index (χ2n) is 5.54. The van der Waals surface area contributed by atoms with Gasteiger partial charge < -0.3 is 16.0 Å². The van der Waals surface area contributed by atoms with E-state index >= 15 is 0 Å². The summed E-state index contributed by atoms with van der Waals surface area (Å²) in [6.45, 7) is 6.91. The van der Waals surface area contributed by atoms with Gasteiger partial charge in [0.25, 0.3) is 0 Å². The number of nitrogens with one attached hydrogen (secondary N) is 3. The molecule has 0 saturated carbocycles. The van der Waals surface area contributed by atoms with Gasteiger partial charge in [-0.25, -0.2) is 0 Å². The predicted octanol–water partition coefficient (Wildman–Crippen LogP) is 2.39. The number of carbonyl (C=O) groups excluding carboxylic acids is 2. The summed E-state index contributed by atoms with van der Waals surface area (Å²) >= 11 is 0. The molecule has 0 unspecified atom stereocenters. The lowest BCUT2D eigenvalue weighted by Gasteiger charge is -2.06. The van der Waals surface area contributed by atoms with Crippen molar-refractivity contribution in [3.05, 3.63) is 0 Å². The first-order valence-electron chi connectivity index (χ1n) is 8.32. The van der Waals surface area contributed by atoms with Gasteiger partial charge in [-0.2, -0.15) is 0 Å². The molecule has 5 nitrogen and oxygen atoms in total. The Kier molecular flexibility index (Phi) is 19.4. The van der Waals surface area contributed by atoms with Crippen LogP contribution in [0.3, 0.4) is 0 Å². The molecule has 0 spiro atoms. The van der Waals surface area contributed by atoms with Gasteiger partial charge in [0.15, 0.2) is 0 Å². The molecular weight excluding hydrogens is 302 g/mol. The van der Waals surface area contributed by atoms with E-state index in [9.17, 15) is 9.59 Å². The number of rotatable bonds is 14. The van der Waals surface area contributed by atoms with Crippen molar-refractivity contribution in [2.24, 2.45) is 0 Å². The van der Waals surface area contributed by atoms with Crippen molar-refractivity contribution in [1.29, 1.82) is 0 Å². The summed E-state index contributed by atoms with van der Waals surface area (Å²) in [6.07, 6.45) is 9.40. The minimum absolute atomic E-state index is 0. The van der Waals surface area contributed by atoms with E-state index in [4.69, 9.17) is 0 Å². The lowest BCUT2D eigenvalue weighted by Crippen LogP contribution is -2.21. The van der Waals surface area contributed by atoms with Gasteiger partial charge in [0.2, 0.25) is 11.8 Å². The molecule has 0 aromatic rings. The molecule has 0 aliphatic heterocycles. The summed E-state index contributed by atoms with van der Waals surface area (Å²) < 4.78 is 0. The molecule has 0 aromatic carbocycles. The van der Waals surface area contributed by atoms with Crippen LogP contribution in [0.2, 0.25) is 0 Å². The molecule has 22 heavy (non-hydrogen) atoms. The van der Waals surface area contributed by atoms with Crippen molar-refractivity contribution in [3.8, 4) is 0 Å². The first-order valence-corrected chi connectivity index (χ1v) is 8.32. The smallest absolute Gasteiger partial charge is 0.216 e. The third kappa shape index (κ3) is 21.5. The summed E-state index contributed by atoms with van der Waals surface area (Å²) in [6, 6.07) is 0. The van der Waals surface area contributed by atoms with Crippen LogP contribution in [-0.2, 0) is 9.59 Å². The van der Waals surface area contributed by atoms with Gasteiger partial charge in [-0.1, -0.05) is 25.7 Å². The van der Waals surface area contributed by atoms with Crippen LogP contribution in [0, 0.1) is 0 Å². The van der Waals surface area contributed by atoms with E-state index in [1.54, 1.807) is 13.8 Å². The molecule has 2 amide bonds. The zero-order valence-corrected chi connectivity index (χ0v) is 15.0. The first-order chi connectivity index (χ1) is 10.1. The first kappa shape index (κ1) is 23.5. The minimum Gasteiger partial charge on any atom is -0.356 e. The van der Waals surface area contributed by atoms with Gasteiger partial charge in [-0.3, -0.25) is 9.59 Å². The van der Waals surface area contributed by atoms with E-state index in [0.717, 1.165) is 39.0 Å². The van der Waals surface area contributed by atoms with Crippen LogP contribution in [-0.4, -0.2) is 38.0 Å². The quantitative estimate of drug-likeness (QED) is 0.427. The van der Waals surface area contributed by atoms with Gasteiger partial charge in [0.1, 0.15) is 0 Å². The van der Waals surface area contributed by atoms with Crippen LogP contribution in [0.1, 0.15) is 65.2 Å². The third-order valence-corrected chi connectivity index (χ3v) is 3.31. The van der Waals surface area contributed by atoms with E-state index in [1.165, 1.54) is 38.5 Å². The van der Waals surface area contributed by atoms with Crippen molar-refractivity contribution < 1.29 is 9.59 Å². The molecule has 0 bridgehead atoms. The molecule has 6 heteroatoms. The van der Waals surface area contributed by atoms with Crippen LogP contribution < -0.4 is 16.0 Å². The fraction of sp³-hybridized carbons (Fsp3) is 0.875. The normalized spacial score (nSPS) is 9.91. The highest BCUT2D eigenvalue weighted by Crippen LogP contribution is 1.99. The molecule has 0 rings (SSSR count). The monoisotopic (exact) mass is 335 g/mol. The maximum absolute atomic E-state index is 10.7. The zero-order valence-electron chi connectivity index (χ0n) is 14.2. The Morgan fingerprint density at radius 2 is 0.909 bits per heavy atom. The summed E-state index contributed by atoms with van der Waals surface area (Å²) in [5, 5.41) is 9.09. The number of halogens is 1. The van der Waals surface area contributed by atoms with Crippen LogP contribution in [0.25, 0.3) is 0 Å². The zero-order chi connectivity index (χ0) is 15.8. The average Bonchev–Trinajstić information content (AvgIpc) is 2.42. The third-order valence-electron chi connectivity index (χ3n) is 3.31. The summed E-state index contributed by atoms with van der Waals surface area (Å²) in [5.41, 5.74) is 0. The van der Waals surface area contributed by atoms with E-state index in [2.05, 4.69) is 16.0 Å². The van der Waals surface area contributed by atoms with Gasteiger partial charge >= 0.3 is 0 Å². The Balaban J connectivity index is 0. The topological polar surface area (TPSA) is 70.2 Å². The Morgan fingerprint density at radius 3 is 1.23 bits per heavy atom. The summed E-state index contributed by atoms with van der Waals surface area (Å²) in [4.78, 5) is 21.3. The highest BCUT2D eigenvalue weighted by Gasteiger charge is 1.94. The van der Waals surface area contributed by atoms with Crippen molar-refractivity contribution in [2.45, 2.75) is 65.2 Å². The number of unbranched alkanes of at least 4 members (excludes halogenated alkanes) is 6. The molecule has 0 radical (unpaired) electrons. The fourth-order valence-electron chi connectivity index (χ4n) is 2.11. The van der Waals surface area contributed by atoms with E-state index in [1.807, 2.05) is 0 Å². The molecule has 0 fully saturated rings. The molecule has 0 aromatic heterocycles. The molecule has 0 heterocycles. The largest absolute Gasteiger partial charge is 0.356 e. The predicted molar refractivity (Wildman–Crippen MR) is 94.4 cm³/mol.